The molecule has 2 unspecified atom stereocenters. The lowest BCUT2D eigenvalue weighted by atomic mass is 9.68. The molecule has 2 heterocycles. The van der Waals surface area contributed by atoms with E-state index >= 15 is 0 Å². The van der Waals surface area contributed by atoms with Crippen LogP contribution < -0.4 is 5.32 Å². The van der Waals surface area contributed by atoms with Gasteiger partial charge in [0.2, 0.25) is 0 Å². The van der Waals surface area contributed by atoms with Crippen molar-refractivity contribution < 1.29 is 4.74 Å². The Labute approximate surface area is 124 Å². The predicted octanol–water partition coefficient (Wildman–Crippen LogP) is 2.80. The van der Waals surface area contributed by atoms with E-state index in [0.717, 1.165) is 25.2 Å². The summed E-state index contributed by atoms with van der Waals surface area (Å²) in [7, 11) is 0. The van der Waals surface area contributed by atoms with Gasteiger partial charge in [-0.15, -0.1) is 0 Å². The zero-order chi connectivity index (χ0) is 13.8. The molecular formula is C17H32N2O. The Balaban J connectivity index is 1.56. The zero-order valence-corrected chi connectivity index (χ0v) is 13.2. The number of likely N-dealkylation sites (tertiary alicyclic amines) is 1. The van der Waals surface area contributed by atoms with E-state index in [-0.39, 0.29) is 0 Å². The number of rotatable bonds is 3. The molecule has 0 aromatic carbocycles. The third-order valence-electron chi connectivity index (χ3n) is 6.03. The highest BCUT2D eigenvalue weighted by Gasteiger charge is 2.39. The van der Waals surface area contributed by atoms with Crippen molar-refractivity contribution in [3.63, 3.8) is 0 Å². The largest absolute Gasteiger partial charge is 0.380 e. The van der Waals surface area contributed by atoms with Crippen LogP contribution in [0.15, 0.2) is 0 Å². The first-order chi connectivity index (χ1) is 9.83. The Morgan fingerprint density at radius 2 is 1.85 bits per heavy atom. The van der Waals surface area contributed by atoms with Crippen LogP contribution in [0.1, 0.15) is 58.3 Å². The number of nitrogens with zero attached hydrogens (tertiary/aromatic N) is 1. The number of likely N-dealkylation sites (N-methyl/N-ethyl adjacent to an activating group) is 1. The Bertz CT molecular complexity index is 289. The van der Waals surface area contributed by atoms with E-state index in [0.29, 0.717) is 12.1 Å². The lowest BCUT2D eigenvalue weighted by Crippen LogP contribution is -2.58. The predicted molar refractivity (Wildman–Crippen MR) is 83.0 cm³/mol. The smallest absolute Gasteiger partial charge is 0.0637 e. The Morgan fingerprint density at radius 1 is 1.10 bits per heavy atom. The summed E-state index contributed by atoms with van der Waals surface area (Å²) >= 11 is 0. The summed E-state index contributed by atoms with van der Waals surface area (Å²) in [5.74, 6) is 0. The zero-order valence-electron chi connectivity index (χ0n) is 13.2. The minimum atomic E-state index is 0.615. The average Bonchev–Trinajstić information content (AvgIpc) is 2.50. The van der Waals surface area contributed by atoms with Gasteiger partial charge in [-0.2, -0.15) is 0 Å². The monoisotopic (exact) mass is 280 g/mol. The van der Waals surface area contributed by atoms with Crippen molar-refractivity contribution >= 4 is 0 Å². The van der Waals surface area contributed by atoms with E-state index in [2.05, 4.69) is 17.1 Å². The van der Waals surface area contributed by atoms with Crippen LogP contribution in [0.4, 0.5) is 0 Å². The number of piperidine rings is 1. The fourth-order valence-electron chi connectivity index (χ4n) is 4.71. The molecule has 116 valence electrons. The van der Waals surface area contributed by atoms with Gasteiger partial charge in [-0.05, 0) is 57.2 Å². The molecule has 3 nitrogen and oxygen atoms in total. The lowest BCUT2D eigenvalue weighted by molar-refractivity contribution is -0.0323. The minimum absolute atomic E-state index is 0.615. The molecule has 1 saturated carbocycles. The maximum absolute atomic E-state index is 5.77. The second kappa shape index (κ2) is 6.76. The van der Waals surface area contributed by atoms with Crippen molar-refractivity contribution in [1.82, 2.24) is 10.2 Å². The van der Waals surface area contributed by atoms with Gasteiger partial charge in [-0.25, -0.2) is 0 Å². The molecule has 3 heteroatoms. The molecule has 2 aliphatic heterocycles. The number of ether oxygens (including phenoxy) is 1. The van der Waals surface area contributed by atoms with Crippen LogP contribution in [0.5, 0.6) is 0 Å². The van der Waals surface area contributed by atoms with Crippen molar-refractivity contribution in [3.05, 3.63) is 0 Å². The molecule has 2 atom stereocenters. The number of hydrogen-bond acceptors (Lipinski definition) is 3. The van der Waals surface area contributed by atoms with E-state index in [4.69, 9.17) is 4.74 Å². The quantitative estimate of drug-likeness (QED) is 0.860. The first-order valence-corrected chi connectivity index (χ1v) is 8.88. The van der Waals surface area contributed by atoms with E-state index in [1.54, 1.807) is 0 Å². The van der Waals surface area contributed by atoms with Crippen molar-refractivity contribution in [2.45, 2.75) is 70.4 Å². The second-order valence-electron chi connectivity index (χ2n) is 7.19. The fraction of sp³-hybridized carbons (Fsp3) is 1.00. The summed E-state index contributed by atoms with van der Waals surface area (Å²) in [5.41, 5.74) is 0.720. The SMILES string of the molecule is CCNC1CCOCC1N1CCC2(CCCCC2)CC1. The topological polar surface area (TPSA) is 24.5 Å². The third-order valence-corrected chi connectivity index (χ3v) is 6.03. The summed E-state index contributed by atoms with van der Waals surface area (Å²) in [6, 6.07) is 1.26. The lowest BCUT2D eigenvalue weighted by Gasteiger charge is -2.48. The van der Waals surface area contributed by atoms with Crippen LogP contribution in [0.3, 0.4) is 0 Å². The van der Waals surface area contributed by atoms with Crippen molar-refractivity contribution in [1.29, 1.82) is 0 Å². The maximum Gasteiger partial charge on any atom is 0.0637 e. The van der Waals surface area contributed by atoms with E-state index in [1.807, 2.05) is 0 Å². The Hall–Kier alpha value is -0.120. The summed E-state index contributed by atoms with van der Waals surface area (Å²) in [4.78, 5) is 2.73. The van der Waals surface area contributed by atoms with Gasteiger partial charge in [-0.1, -0.05) is 26.2 Å². The molecule has 3 rings (SSSR count). The molecule has 1 aliphatic carbocycles. The molecule has 0 bridgehead atoms. The molecule has 20 heavy (non-hydrogen) atoms. The van der Waals surface area contributed by atoms with Gasteiger partial charge in [0.1, 0.15) is 0 Å². The van der Waals surface area contributed by atoms with E-state index < -0.39 is 0 Å². The first-order valence-electron chi connectivity index (χ1n) is 8.88. The van der Waals surface area contributed by atoms with Gasteiger partial charge >= 0.3 is 0 Å². The fourth-order valence-corrected chi connectivity index (χ4v) is 4.71. The molecule has 3 fully saturated rings. The molecule has 2 saturated heterocycles. The summed E-state index contributed by atoms with van der Waals surface area (Å²) < 4.78 is 5.77. The molecular weight excluding hydrogens is 248 g/mol. The van der Waals surface area contributed by atoms with Crippen molar-refractivity contribution in [3.8, 4) is 0 Å². The molecule has 1 spiro atoms. The summed E-state index contributed by atoms with van der Waals surface area (Å²) in [6.45, 7) is 7.78. The van der Waals surface area contributed by atoms with Crippen molar-refractivity contribution in [2.24, 2.45) is 5.41 Å². The number of nitrogens with one attached hydrogen (secondary N) is 1. The Kier molecular flexibility index (Phi) is 5.00. The molecule has 0 aromatic heterocycles. The van der Waals surface area contributed by atoms with Crippen LogP contribution in [0.2, 0.25) is 0 Å². The normalized spacial score (nSPS) is 35.2. The highest BCUT2D eigenvalue weighted by Crippen LogP contribution is 2.44. The van der Waals surface area contributed by atoms with Gasteiger partial charge in [0.05, 0.1) is 6.61 Å². The minimum Gasteiger partial charge on any atom is -0.380 e. The van der Waals surface area contributed by atoms with E-state index in [1.165, 1.54) is 64.5 Å². The third kappa shape index (κ3) is 3.20. The van der Waals surface area contributed by atoms with Crippen LogP contribution >= 0.6 is 0 Å². The maximum atomic E-state index is 5.77. The standard InChI is InChI=1S/C17H32N2O/c1-2-18-15-6-13-20-14-16(15)19-11-9-17(10-12-19)7-4-3-5-8-17/h15-16,18H,2-14H2,1H3. The number of hydrogen-bond donors (Lipinski definition) is 1. The van der Waals surface area contributed by atoms with Gasteiger partial charge in [0.25, 0.3) is 0 Å². The molecule has 0 amide bonds. The van der Waals surface area contributed by atoms with Gasteiger partial charge in [0, 0.05) is 18.7 Å². The van der Waals surface area contributed by atoms with Crippen LogP contribution in [0, 0.1) is 5.41 Å². The van der Waals surface area contributed by atoms with Crippen molar-refractivity contribution in [2.75, 3.05) is 32.8 Å². The van der Waals surface area contributed by atoms with Gasteiger partial charge < -0.3 is 10.1 Å². The first kappa shape index (κ1) is 14.8. The molecule has 0 aromatic rings. The van der Waals surface area contributed by atoms with Crippen LogP contribution in [-0.2, 0) is 4.74 Å². The summed E-state index contributed by atoms with van der Waals surface area (Å²) in [6.07, 6.45) is 11.5. The second-order valence-corrected chi connectivity index (χ2v) is 7.19. The highest BCUT2D eigenvalue weighted by molar-refractivity contribution is 4.94. The van der Waals surface area contributed by atoms with Gasteiger partial charge in [-0.3, -0.25) is 4.90 Å². The highest BCUT2D eigenvalue weighted by atomic mass is 16.5. The molecule has 0 radical (unpaired) electrons. The summed E-state index contributed by atoms with van der Waals surface area (Å²) in [5, 5.41) is 3.68. The van der Waals surface area contributed by atoms with Crippen LogP contribution in [0.25, 0.3) is 0 Å². The van der Waals surface area contributed by atoms with E-state index in [9.17, 15) is 0 Å². The van der Waals surface area contributed by atoms with Gasteiger partial charge in [0.15, 0.2) is 0 Å². The molecule has 3 aliphatic rings. The molecule has 1 N–H and O–H groups in total. The Morgan fingerprint density at radius 3 is 2.55 bits per heavy atom. The van der Waals surface area contributed by atoms with Crippen LogP contribution in [-0.4, -0.2) is 49.8 Å². The average molecular weight is 280 g/mol.